The Morgan fingerprint density at radius 1 is 1.18 bits per heavy atom. The largest absolute Gasteiger partial charge is 0.466 e. The maximum Gasteiger partial charge on any atom is 0.403 e. The van der Waals surface area contributed by atoms with E-state index in [1.807, 2.05) is 0 Å². The van der Waals surface area contributed by atoms with Crippen molar-refractivity contribution in [2.24, 2.45) is 0 Å². The number of rotatable bonds is 7. The average Bonchev–Trinajstić information content (AvgIpc) is 3.07. The van der Waals surface area contributed by atoms with E-state index in [-0.39, 0.29) is 16.5 Å². The molecule has 200 valence electrons. The van der Waals surface area contributed by atoms with Crippen LogP contribution in [0.3, 0.4) is 0 Å². The molecule has 1 aliphatic heterocycles. The number of fused-ring (bicyclic) bond motifs is 1. The molecule has 0 unspecified atom stereocenters. The summed E-state index contributed by atoms with van der Waals surface area (Å²) < 4.78 is 72.6. The summed E-state index contributed by atoms with van der Waals surface area (Å²) in [6.07, 6.45) is -1.46. The fraction of sp³-hybridized carbons (Fsp3) is 0.208. The van der Waals surface area contributed by atoms with E-state index in [9.17, 15) is 26.4 Å². The molecule has 0 aliphatic carbocycles. The summed E-state index contributed by atoms with van der Waals surface area (Å²) in [5.41, 5.74) is 1.48. The highest BCUT2D eigenvalue weighted by Crippen LogP contribution is 2.35. The third-order valence-electron chi connectivity index (χ3n) is 5.28. The van der Waals surface area contributed by atoms with Crippen LogP contribution >= 0.6 is 11.6 Å². The molecule has 4 rings (SSSR count). The van der Waals surface area contributed by atoms with Crippen LogP contribution in [0.5, 0.6) is 11.5 Å². The molecular weight excluding hydrogens is 549 g/mol. The molecule has 0 amide bonds. The van der Waals surface area contributed by atoms with Crippen molar-refractivity contribution in [1.82, 2.24) is 9.97 Å². The summed E-state index contributed by atoms with van der Waals surface area (Å²) in [7, 11) is -3.31. The molecule has 1 aliphatic rings. The van der Waals surface area contributed by atoms with Crippen molar-refractivity contribution in [2.45, 2.75) is 17.5 Å². The summed E-state index contributed by atoms with van der Waals surface area (Å²) in [5.74, 6) is -1.41. The Kier molecular flexibility index (Phi) is 7.78. The van der Waals surface area contributed by atoms with Crippen molar-refractivity contribution >= 4 is 50.8 Å². The molecule has 0 saturated heterocycles. The van der Waals surface area contributed by atoms with Crippen LogP contribution in [-0.2, 0) is 19.4 Å². The van der Waals surface area contributed by atoms with Gasteiger partial charge in [-0.05, 0) is 48.9 Å². The van der Waals surface area contributed by atoms with Gasteiger partial charge in [0.25, 0.3) is 0 Å². The average molecular weight is 569 g/mol. The highest BCUT2D eigenvalue weighted by molar-refractivity contribution is 7.91. The molecule has 1 aromatic heterocycles. The first-order valence-corrected chi connectivity index (χ1v) is 13.0. The van der Waals surface area contributed by atoms with Crippen LogP contribution in [-0.4, -0.2) is 49.9 Å². The SMILES string of the molecule is COC(=O)C1=Cc2c(ncnc2Nc2ccc(Oc3cccc(S(=O)(=O)CC(F)(F)F)c3)c(Cl)c2)NCC1. The molecule has 0 saturated carbocycles. The number of carbonyl (C=O) groups excluding carboxylic acids is 1. The van der Waals surface area contributed by atoms with Gasteiger partial charge in [-0.25, -0.2) is 23.2 Å². The second kappa shape index (κ2) is 10.9. The first kappa shape index (κ1) is 27.2. The first-order chi connectivity index (χ1) is 17.9. The second-order valence-corrected chi connectivity index (χ2v) is 10.4. The molecule has 0 fully saturated rings. The van der Waals surface area contributed by atoms with E-state index >= 15 is 0 Å². The van der Waals surface area contributed by atoms with E-state index in [2.05, 4.69) is 20.6 Å². The van der Waals surface area contributed by atoms with E-state index in [1.165, 1.54) is 37.7 Å². The molecule has 0 bridgehead atoms. The van der Waals surface area contributed by atoms with Crippen LogP contribution < -0.4 is 15.4 Å². The number of anilines is 3. The zero-order valence-corrected chi connectivity index (χ0v) is 21.2. The summed E-state index contributed by atoms with van der Waals surface area (Å²) >= 11 is 6.37. The topological polar surface area (TPSA) is 120 Å². The van der Waals surface area contributed by atoms with Crippen LogP contribution in [0.15, 0.2) is 59.3 Å². The summed E-state index contributed by atoms with van der Waals surface area (Å²) in [6.45, 7) is 0.473. The normalized spacial score (nSPS) is 13.4. The van der Waals surface area contributed by atoms with Gasteiger partial charge < -0.3 is 20.1 Å². The Morgan fingerprint density at radius 2 is 1.97 bits per heavy atom. The Hall–Kier alpha value is -3.84. The van der Waals surface area contributed by atoms with Crippen LogP contribution in [0.25, 0.3) is 6.08 Å². The standard InChI is InChI=1S/C24H20ClF3N4O5S/c1-36-23(33)14-7-8-29-21-18(9-14)22(31-13-30-21)32-15-5-6-20(19(25)10-15)37-16-3-2-4-17(11-16)38(34,35)12-24(26,27)28/h2-6,9-11,13H,7-8,12H2,1H3,(H2,29,30,31,32). The molecule has 2 N–H and O–H groups in total. The smallest absolute Gasteiger partial charge is 0.403 e. The van der Waals surface area contributed by atoms with Crippen LogP contribution in [0, 0.1) is 0 Å². The number of hydrogen-bond donors (Lipinski definition) is 2. The predicted molar refractivity (Wildman–Crippen MR) is 134 cm³/mol. The lowest BCUT2D eigenvalue weighted by molar-refractivity contribution is -0.136. The van der Waals surface area contributed by atoms with Crippen LogP contribution in [0.1, 0.15) is 12.0 Å². The van der Waals surface area contributed by atoms with Gasteiger partial charge in [0.05, 0.1) is 22.6 Å². The third kappa shape index (κ3) is 6.53. The summed E-state index contributed by atoms with van der Waals surface area (Å²) in [4.78, 5) is 20.0. The van der Waals surface area contributed by atoms with Crippen molar-refractivity contribution in [3.05, 3.63) is 65.0 Å². The Balaban J connectivity index is 1.56. The zero-order chi connectivity index (χ0) is 27.5. The quantitative estimate of drug-likeness (QED) is 0.362. The number of methoxy groups -OCH3 is 1. The number of aromatic nitrogens is 2. The fourth-order valence-electron chi connectivity index (χ4n) is 3.58. The molecular formula is C24H20ClF3N4O5S. The molecule has 38 heavy (non-hydrogen) atoms. The van der Waals surface area contributed by atoms with Crippen molar-refractivity contribution in [3.63, 3.8) is 0 Å². The molecule has 0 radical (unpaired) electrons. The Labute approximate surface area is 220 Å². The molecule has 0 spiro atoms. The third-order valence-corrected chi connectivity index (χ3v) is 7.25. The van der Waals surface area contributed by atoms with E-state index in [1.54, 1.807) is 12.1 Å². The first-order valence-electron chi connectivity index (χ1n) is 11.0. The number of hydrogen-bond acceptors (Lipinski definition) is 9. The van der Waals surface area contributed by atoms with E-state index < -0.39 is 32.6 Å². The van der Waals surface area contributed by atoms with Gasteiger partial charge in [-0.2, -0.15) is 13.2 Å². The number of carbonyl (C=O) groups is 1. The minimum atomic E-state index is -4.88. The van der Waals surface area contributed by atoms with Gasteiger partial charge in [0.1, 0.15) is 29.5 Å². The van der Waals surface area contributed by atoms with Crippen molar-refractivity contribution in [2.75, 3.05) is 30.0 Å². The predicted octanol–water partition coefficient (Wildman–Crippen LogP) is 5.37. The highest BCUT2D eigenvalue weighted by atomic mass is 35.5. The monoisotopic (exact) mass is 568 g/mol. The Morgan fingerprint density at radius 3 is 2.68 bits per heavy atom. The lowest BCUT2D eigenvalue weighted by Gasteiger charge is -2.14. The van der Waals surface area contributed by atoms with E-state index in [0.717, 1.165) is 12.1 Å². The lowest BCUT2D eigenvalue weighted by atomic mass is 10.1. The molecule has 2 aromatic carbocycles. The second-order valence-electron chi connectivity index (χ2n) is 8.04. The molecule has 2 heterocycles. The lowest BCUT2D eigenvalue weighted by Crippen LogP contribution is -2.22. The minimum absolute atomic E-state index is 0.0106. The van der Waals surface area contributed by atoms with Crippen molar-refractivity contribution in [3.8, 4) is 11.5 Å². The van der Waals surface area contributed by atoms with Crippen molar-refractivity contribution < 1.29 is 35.9 Å². The number of ether oxygens (including phenoxy) is 2. The number of alkyl halides is 3. The van der Waals surface area contributed by atoms with Gasteiger partial charge in [0, 0.05) is 17.8 Å². The van der Waals surface area contributed by atoms with Gasteiger partial charge in [-0.3, -0.25) is 0 Å². The number of nitrogens with zero attached hydrogens (tertiary/aromatic N) is 2. The number of esters is 1. The molecule has 9 nitrogen and oxygen atoms in total. The summed E-state index contributed by atoms with van der Waals surface area (Å²) in [5, 5.41) is 6.37. The zero-order valence-electron chi connectivity index (χ0n) is 19.7. The van der Waals surface area contributed by atoms with Crippen molar-refractivity contribution in [1.29, 1.82) is 0 Å². The van der Waals surface area contributed by atoms with Gasteiger partial charge in [0.2, 0.25) is 0 Å². The number of sulfone groups is 1. The van der Waals surface area contributed by atoms with E-state index in [0.29, 0.717) is 41.4 Å². The maximum absolute atomic E-state index is 12.6. The van der Waals surface area contributed by atoms with Crippen LogP contribution in [0.4, 0.5) is 30.5 Å². The molecule has 0 atom stereocenters. The Bertz CT molecular complexity index is 1510. The number of nitrogens with one attached hydrogen (secondary N) is 2. The van der Waals surface area contributed by atoms with Gasteiger partial charge in [-0.15, -0.1) is 0 Å². The van der Waals surface area contributed by atoms with Gasteiger partial charge in [0.15, 0.2) is 15.6 Å². The van der Waals surface area contributed by atoms with Gasteiger partial charge >= 0.3 is 12.1 Å². The highest BCUT2D eigenvalue weighted by Gasteiger charge is 2.36. The van der Waals surface area contributed by atoms with Gasteiger partial charge in [-0.1, -0.05) is 17.7 Å². The number of benzene rings is 2. The van der Waals surface area contributed by atoms with E-state index in [4.69, 9.17) is 21.1 Å². The fourth-order valence-corrected chi connectivity index (χ4v) is 4.98. The molecule has 14 heteroatoms. The molecule has 3 aromatic rings. The van der Waals surface area contributed by atoms with Crippen LogP contribution in [0.2, 0.25) is 5.02 Å². The number of halogens is 4. The maximum atomic E-state index is 12.6. The summed E-state index contributed by atoms with van der Waals surface area (Å²) in [6, 6.07) is 9.34. The minimum Gasteiger partial charge on any atom is -0.466 e.